The van der Waals surface area contributed by atoms with Crippen LogP contribution in [0.2, 0.25) is 0 Å². The molecule has 3 N–H and O–H groups in total. The summed E-state index contributed by atoms with van der Waals surface area (Å²) in [6, 6.07) is 3.45. The maximum absolute atomic E-state index is 11.7. The average molecular weight is 299 g/mol. The van der Waals surface area contributed by atoms with Gasteiger partial charge in [-0.3, -0.25) is 25.3 Å². The van der Waals surface area contributed by atoms with Gasteiger partial charge in [0.15, 0.2) is 0 Å². The van der Waals surface area contributed by atoms with Crippen molar-refractivity contribution in [1.29, 1.82) is 0 Å². The molecule has 20 heavy (non-hydrogen) atoms. The van der Waals surface area contributed by atoms with E-state index >= 15 is 0 Å². The molecule has 1 atom stereocenters. The Morgan fingerprint density at radius 2 is 2.35 bits per heavy atom. The van der Waals surface area contributed by atoms with Gasteiger partial charge < -0.3 is 9.84 Å². The van der Waals surface area contributed by atoms with Crippen molar-refractivity contribution in [2.24, 2.45) is 0 Å². The first-order chi connectivity index (χ1) is 9.69. The summed E-state index contributed by atoms with van der Waals surface area (Å²) >= 11 is 1.30. The van der Waals surface area contributed by atoms with Crippen molar-refractivity contribution in [3.8, 4) is 0 Å². The van der Waals surface area contributed by atoms with E-state index in [2.05, 4.69) is 10.9 Å². The molecule has 0 radical (unpaired) electrons. The van der Waals surface area contributed by atoms with E-state index in [4.69, 9.17) is 9.84 Å². The Kier molecular flexibility index (Phi) is 5.48. The predicted octanol–water partition coefficient (Wildman–Crippen LogP) is -0.798. The van der Waals surface area contributed by atoms with Crippen LogP contribution in [0.4, 0.5) is 0 Å². The third kappa shape index (κ3) is 4.27. The number of hydrazine groups is 1. The fourth-order valence-electron chi connectivity index (χ4n) is 1.87. The minimum absolute atomic E-state index is 0.0623. The Morgan fingerprint density at radius 1 is 1.50 bits per heavy atom. The topological polar surface area (TPSA) is 90.9 Å². The standard InChI is InChI=1S/C12H17N3O4S/c16-8-9-6-15(3-4-19-9)7-11(17)13-14-12(18)10-2-1-5-20-10/h1-2,5,9,16H,3-4,6-8H2,(H,13,17)(H,14,18). The van der Waals surface area contributed by atoms with Gasteiger partial charge >= 0.3 is 0 Å². The van der Waals surface area contributed by atoms with E-state index in [-0.39, 0.29) is 31.1 Å². The van der Waals surface area contributed by atoms with Crippen LogP contribution in [0.1, 0.15) is 9.67 Å². The van der Waals surface area contributed by atoms with Gasteiger partial charge in [-0.05, 0) is 11.4 Å². The highest BCUT2D eigenvalue weighted by Gasteiger charge is 2.21. The minimum atomic E-state index is -0.330. The number of carbonyl (C=O) groups excluding carboxylic acids is 2. The lowest BCUT2D eigenvalue weighted by atomic mass is 10.3. The minimum Gasteiger partial charge on any atom is -0.394 e. The third-order valence-electron chi connectivity index (χ3n) is 2.85. The van der Waals surface area contributed by atoms with E-state index in [1.54, 1.807) is 17.5 Å². The van der Waals surface area contributed by atoms with E-state index in [1.165, 1.54) is 11.3 Å². The molecule has 0 spiro atoms. The summed E-state index contributed by atoms with van der Waals surface area (Å²) in [5, 5.41) is 10.8. The second-order valence-electron chi connectivity index (χ2n) is 4.39. The molecule has 2 amide bonds. The van der Waals surface area contributed by atoms with E-state index in [0.29, 0.717) is 24.6 Å². The molecule has 110 valence electrons. The van der Waals surface area contributed by atoms with Crippen LogP contribution in [0.5, 0.6) is 0 Å². The van der Waals surface area contributed by atoms with Crippen molar-refractivity contribution in [3.63, 3.8) is 0 Å². The maximum atomic E-state index is 11.7. The molecule has 1 saturated heterocycles. The molecule has 1 aliphatic rings. The SMILES string of the molecule is O=C(CN1CCOC(CO)C1)NNC(=O)c1cccs1. The molecule has 0 aromatic carbocycles. The lowest BCUT2D eigenvalue weighted by Gasteiger charge is -2.31. The first-order valence-electron chi connectivity index (χ1n) is 6.26. The van der Waals surface area contributed by atoms with Gasteiger partial charge in [0.2, 0.25) is 0 Å². The first kappa shape index (κ1) is 14.9. The predicted molar refractivity (Wildman–Crippen MR) is 73.2 cm³/mol. The van der Waals surface area contributed by atoms with Crippen molar-refractivity contribution in [1.82, 2.24) is 15.8 Å². The Bertz CT molecular complexity index is 452. The van der Waals surface area contributed by atoms with Crippen molar-refractivity contribution in [2.75, 3.05) is 32.8 Å². The zero-order valence-electron chi connectivity index (χ0n) is 10.9. The highest BCUT2D eigenvalue weighted by Crippen LogP contribution is 2.07. The molecule has 1 fully saturated rings. The summed E-state index contributed by atoms with van der Waals surface area (Å²) in [5.74, 6) is -0.628. The van der Waals surface area contributed by atoms with Crippen LogP contribution in [-0.4, -0.2) is 60.8 Å². The Balaban J connectivity index is 1.71. The van der Waals surface area contributed by atoms with Crippen LogP contribution in [-0.2, 0) is 9.53 Å². The number of carbonyl (C=O) groups is 2. The lowest BCUT2D eigenvalue weighted by Crippen LogP contribution is -2.50. The summed E-state index contributed by atoms with van der Waals surface area (Å²) in [5.41, 5.74) is 4.74. The quantitative estimate of drug-likeness (QED) is 0.633. The van der Waals surface area contributed by atoms with Crippen molar-refractivity contribution >= 4 is 23.2 Å². The average Bonchev–Trinajstić information content (AvgIpc) is 2.99. The summed E-state index contributed by atoms with van der Waals surface area (Å²) in [7, 11) is 0. The molecule has 0 saturated carbocycles. The first-order valence-corrected chi connectivity index (χ1v) is 7.14. The normalized spacial score (nSPS) is 19.6. The number of aliphatic hydroxyl groups is 1. The molecule has 7 nitrogen and oxygen atoms in total. The highest BCUT2D eigenvalue weighted by molar-refractivity contribution is 7.12. The summed E-state index contributed by atoms with van der Waals surface area (Å²) < 4.78 is 5.29. The number of rotatable bonds is 4. The number of amides is 2. The monoisotopic (exact) mass is 299 g/mol. The molecule has 2 heterocycles. The van der Waals surface area contributed by atoms with Gasteiger partial charge in [-0.1, -0.05) is 6.07 Å². The third-order valence-corrected chi connectivity index (χ3v) is 3.72. The van der Waals surface area contributed by atoms with Crippen LogP contribution < -0.4 is 10.9 Å². The van der Waals surface area contributed by atoms with Crippen molar-refractivity contribution in [2.45, 2.75) is 6.10 Å². The number of morpholine rings is 1. The number of thiophene rings is 1. The Hall–Kier alpha value is -1.48. The molecular formula is C12H17N3O4S. The summed E-state index contributed by atoms with van der Waals surface area (Å²) in [6.07, 6.45) is -0.253. The van der Waals surface area contributed by atoms with Crippen LogP contribution in [0.3, 0.4) is 0 Å². The van der Waals surface area contributed by atoms with E-state index in [1.807, 2.05) is 4.90 Å². The Morgan fingerprint density at radius 3 is 3.05 bits per heavy atom. The van der Waals surface area contributed by atoms with E-state index in [9.17, 15) is 9.59 Å². The maximum Gasteiger partial charge on any atom is 0.279 e. The zero-order valence-corrected chi connectivity index (χ0v) is 11.7. The lowest BCUT2D eigenvalue weighted by molar-refractivity contribution is -0.125. The van der Waals surface area contributed by atoms with Gasteiger partial charge in [0.05, 0.1) is 30.7 Å². The Labute approximate surface area is 120 Å². The molecule has 2 rings (SSSR count). The number of nitrogens with zero attached hydrogens (tertiary/aromatic N) is 1. The van der Waals surface area contributed by atoms with Crippen LogP contribution in [0.15, 0.2) is 17.5 Å². The number of aliphatic hydroxyl groups excluding tert-OH is 1. The van der Waals surface area contributed by atoms with Crippen molar-refractivity contribution < 1.29 is 19.4 Å². The largest absolute Gasteiger partial charge is 0.394 e. The molecule has 1 unspecified atom stereocenters. The van der Waals surface area contributed by atoms with E-state index < -0.39 is 0 Å². The molecular weight excluding hydrogens is 282 g/mol. The number of ether oxygens (including phenoxy) is 1. The summed E-state index contributed by atoms with van der Waals surface area (Å²) in [6.45, 7) is 1.71. The molecule has 8 heteroatoms. The molecule has 1 aliphatic heterocycles. The van der Waals surface area contributed by atoms with Gasteiger partial charge in [-0.25, -0.2) is 0 Å². The fourth-order valence-corrected chi connectivity index (χ4v) is 2.49. The number of hydrogen-bond acceptors (Lipinski definition) is 6. The fraction of sp³-hybridized carbons (Fsp3) is 0.500. The van der Waals surface area contributed by atoms with Gasteiger partial charge in [-0.15, -0.1) is 11.3 Å². The molecule has 1 aromatic heterocycles. The highest BCUT2D eigenvalue weighted by atomic mass is 32.1. The van der Waals surface area contributed by atoms with Gasteiger partial charge in [0, 0.05) is 13.1 Å². The van der Waals surface area contributed by atoms with Gasteiger partial charge in [-0.2, -0.15) is 0 Å². The number of nitrogens with one attached hydrogen (secondary N) is 2. The summed E-state index contributed by atoms with van der Waals surface area (Å²) in [4.78, 5) is 25.7. The van der Waals surface area contributed by atoms with Crippen LogP contribution >= 0.6 is 11.3 Å². The number of hydrogen-bond donors (Lipinski definition) is 3. The van der Waals surface area contributed by atoms with Crippen LogP contribution in [0, 0.1) is 0 Å². The van der Waals surface area contributed by atoms with Crippen molar-refractivity contribution in [3.05, 3.63) is 22.4 Å². The van der Waals surface area contributed by atoms with E-state index in [0.717, 1.165) is 0 Å². The second-order valence-corrected chi connectivity index (χ2v) is 5.34. The van der Waals surface area contributed by atoms with Gasteiger partial charge in [0.25, 0.3) is 11.8 Å². The van der Waals surface area contributed by atoms with Crippen LogP contribution in [0.25, 0.3) is 0 Å². The zero-order chi connectivity index (χ0) is 14.4. The smallest absolute Gasteiger partial charge is 0.279 e. The molecule has 0 bridgehead atoms. The van der Waals surface area contributed by atoms with Gasteiger partial charge in [0.1, 0.15) is 0 Å². The molecule has 0 aliphatic carbocycles. The second kappa shape index (κ2) is 7.34. The molecule has 1 aromatic rings.